The van der Waals surface area contributed by atoms with E-state index >= 15 is 0 Å². The van der Waals surface area contributed by atoms with Crippen LogP contribution in [-0.4, -0.2) is 30.4 Å². The lowest BCUT2D eigenvalue weighted by Gasteiger charge is -2.26. The van der Waals surface area contributed by atoms with Gasteiger partial charge in [-0.3, -0.25) is 10.3 Å². The Bertz CT molecular complexity index is 435. The molecule has 3 N–H and O–H groups in total. The zero-order valence-electron chi connectivity index (χ0n) is 11.7. The molecule has 4 nitrogen and oxygen atoms in total. The zero-order valence-corrected chi connectivity index (χ0v) is 13.3. The number of ether oxygens (including phenoxy) is 1. The van der Waals surface area contributed by atoms with E-state index in [1.807, 2.05) is 6.07 Å². The quantitative estimate of drug-likeness (QED) is 0.597. The van der Waals surface area contributed by atoms with Gasteiger partial charge < -0.3 is 10.5 Å². The molecule has 1 aromatic rings. The number of hydrogen-bond donors (Lipinski definition) is 2. The highest BCUT2D eigenvalue weighted by Gasteiger charge is 2.11. The van der Waals surface area contributed by atoms with Crippen molar-refractivity contribution in [1.82, 2.24) is 4.90 Å². The first kappa shape index (κ1) is 16.0. The summed E-state index contributed by atoms with van der Waals surface area (Å²) in [4.78, 5) is 2.30. The van der Waals surface area contributed by atoms with Gasteiger partial charge >= 0.3 is 0 Å². The van der Waals surface area contributed by atoms with Gasteiger partial charge in [0.25, 0.3) is 0 Å². The highest BCUT2D eigenvalue weighted by molar-refractivity contribution is 9.10. The molecular weight excluding hydrogens is 306 g/mol. The maximum Gasteiger partial charge on any atom is 0.133 e. The molecule has 0 spiro atoms. The molecule has 5 heteroatoms. The number of nitrogens with one attached hydrogen (secondary N) is 1. The van der Waals surface area contributed by atoms with E-state index in [-0.39, 0.29) is 5.84 Å². The third kappa shape index (κ3) is 5.20. The number of nitrogens with two attached hydrogens (primary N) is 1. The molecule has 0 heterocycles. The molecule has 0 fully saturated rings. The van der Waals surface area contributed by atoms with Crippen LogP contribution in [0.3, 0.4) is 0 Å². The molecule has 0 atom stereocenters. The van der Waals surface area contributed by atoms with E-state index in [9.17, 15) is 0 Å². The molecule has 0 aliphatic carbocycles. The van der Waals surface area contributed by atoms with Crippen LogP contribution in [0.5, 0.6) is 5.75 Å². The first-order valence-electron chi connectivity index (χ1n) is 6.33. The molecule has 0 unspecified atom stereocenters. The summed E-state index contributed by atoms with van der Waals surface area (Å²) >= 11 is 3.50. The Labute approximate surface area is 123 Å². The Morgan fingerprint density at radius 3 is 2.63 bits per heavy atom. The largest absolute Gasteiger partial charge is 0.496 e. The minimum Gasteiger partial charge on any atom is -0.496 e. The summed E-state index contributed by atoms with van der Waals surface area (Å²) in [7, 11) is 1.66. The van der Waals surface area contributed by atoms with Gasteiger partial charge in [-0.05, 0) is 47.5 Å². The van der Waals surface area contributed by atoms with E-state index in [4.69, 9.17) is 15.9 Å². The second-order valence-electron chi connectivity index (χ2n) is 4.81. The average Bonchev–Trinajstić information content (AvgIpc) is 2.34. The number of hydrogen-bond acceptors (Lipinski definition) is 3. The van der Waals surface area contributed by atoms with Gasteiger partial charge in [0.2, 0.25) is 0 Å². The zero-order chi connectivity index (χ0) is 14.4. The fraction of sp³-hybridized carbons (Fsp3) is 0.500. The Balaban J connectivity index is 2.73. The maximum absolute atomic E-state index is 7.32. The monoisotopic (exact) mass is 327 g/mol. The molecule has 0 saturated carbocycles. The molecule has 0 saturated heterocycles. The van der Waals surface area contributed by atoms with Crippen molar-refractivity contribution in [3.8, 4) is 5.75 Å². The molecule has 0 radical (unpaired) electrons. The first-order chi connectivity index (χ1) is 8.93. The molecule has 0 aliphatic rings. The molecule has 0 aromatic heterocycles. The normalized spacial score (nSPS) is 11.1. The maximum atomic E-state index is 7.32. The summed E-state index contributed by atoms with van der Waals surface area (Å²) in [6, 6.07) is 6.51. The van der Waals surface area contributed by atoms with Gasteiger partial charge in [-0.2, -0.15) is 0 Å². The number of halogens is 1. The van der Waals surface area contributed by atoms with E-state index in [0.29, 0.717) is 12.5 Å². The minimum absolute atomic E-state index is 0.238. The molecule has 0 amide bonds. The van der Waals surface area contributed by atoms with Crippen molar-refractivity contribution in [3.63, 3.8) is 0 Å². The van der Waals surface area contributed by atoms with Crippen LogP contribution >= 0.6 is 15.9 Å². The van der Waals surface area contributed by atoms with Crippen LogP contribution in [-0.2, 0) is 6.54 Å². The van der Waals surface area contributed by atoms with Gasteiger partial charge in [0.15, 0.2) is 0 Å². The van der Waals surface area contributed by atoms with Gasteiger partial charge in [0.1, 0.15) is 5.75 Å². The van der Waals surface area contributed by atoms with Gasteiger partial charge in [0.05, 0.1) is 17.4 Å². The van der Waals surface area contributed by atoms with Crippen molar-refractivity contribution >= 4 is 21.8 Å². The number of benzene rings is 1. The second kappa shape index (κ2) is 7.50. The van der Waals surface area contributed by atoms with Crippen LogP contribution in [0, 0.1) is 5.41 Å². The van der Waals surface area contributed by atoms with Crippen molar-refractivity contribution in [3.05, 3.63) is 28.2 Å². The van der Waals surface area contributed by atoms with Crippen LogP contribution in [0.4, 0.5) is 0 Å². The summed E-state index contributed by atoms with van der Waals surface area (Å²) in [5.41, 5.74) is 6.64. The van der Waals surface area contributed by atoms with Gasteiger partial charge in [-0.25, -0.2) is 0 Å². The lowest BCUT2D eigenvalue weighted by Crippen LogP contribution is -2.33. The Kier molecular flexibility index (Phi) is 6.31. The smallest absolute Gasteiger partial charge is 0.133 e. The molecule has 0 bridgehead atoms. The molecule has 19 heavy (non-hydrogen) atoms. The highest BCUT2D eigenvalue weighted by atomic mass is 79.9. The Morgan fingerprint density at radius 2 is 2.16 bits per heavy atom. The molecule has 1 rings (SSSR count). The van der Waals surface area contributed by atoms with Gasteiger partial charge in [-0.1, -0.05) is 6.07 Å². The van der Waals surface area contributed by atoms with Crippen LogP contribution in [0.1, 0.15) is 25.8 Å². The van der Waals surface area contributed by atoms with Crippen LogP contribution < -0.4 is 10.5 Å². The summed E-state index contributed by atoms with van der Waals surface area (Å²) in [5.74, 6) is 1.07. The minimum atomic E-state index is 0.238. The molecule has 1 aromatic carbocycles. The highest BCUT2D eigenvalue weighted by Crippen LogP contribution is 2.26. The van der Waals surface area contributed by atoms with Crippen LogP contribution in [0.25, 0.3) is 0 Å². The van der Waals surface area contributed by atoms with E-state index in [0.717, 1.165) is 23.3 Å². The molecule has 0 aliphatic heterocycles. The fourth-order valence-corrected chi connectivity index (χ4v) is 2.41. The third-order valence-corrected chi connectivity index (χ3v) is 3.62. The standard InChI is InChI=1S/C14H22BrN3O/c1-10(2)18(7-6-14(16)17)9-11-4-5-13(19-3)12(15)8-11/h4-5,8,10H,6-7,9H2,1-3H3,(H3,16,17). The Hall–Kier alpha value is -1.07. The van der Waals surface area contributed by atoms with Crippen molar-refractivity contribution < 1.29 is 4.74 Å². The van der Waals surface area contributed by atoms with Crippen molar-refractivity contribution in [2.24, 2.45) is 5.73 Å². The fourth-order valence-electron chi connectivity index (χ4n) is 1.83. The summed E-state index contributed by atoms with van der Waals surface area (Å²) < 4.78 is 6.19. The SMILES string of the molecule is COc1ccc(CN(CCC(=N)N)C(C)C)cc1Br. The van der Waals surface area contributed by atoms with E-state index in [1.54, 1.807) is 7.11 Å². The van der Waals surface area contributed by atoms with Crippen molar-refractivity contribution in [1.29, 1.82) is 5.41 Å². The predicted molar refractivity (Wildman–Crippen MR) is 82.8 cm³/mol. The summed E-state index contributed by atoms with van der Waals surface area (Å²) in [6.45, 7) is 5.95. The van der Waals surface area contributed by atoms with E-state index in [1.165, 1.54) is 5.56 Å². The predicted octanol–water partition coefficient (Wildman–Crippen LogP) is 2.99. The van der Waals surface area contributed by atoms with Crippen molar-refractivity contribution in [2.45, 2.75) is 32.9 Å². The first-order valence-corrected chi connectivity index (χ1v) is 7.12. The number of amidine groups is 1. The topological polar surface area (TPSA) is 62.3 Å². The second-order valence-corrected chi connectivity index (χ2v) is 5.66. The lowest BCUT2D eigenvalue weighted by molar-refractivity contribution is 0.219. The number of methoxy groups -OCH3 is 1. The van der Waals surface area contributed by atoms with Gasteiger partial charge in [-0.15, -0.1) is 0 Å². The number of nitrogens with zero attached hydrogens (tertiary/aromatic N) is 1. The summed E-state index contributed by atoms with van der Waals surface area (Å²) in [6.07, 6.45) is 0.607. The average molecular weight is 328 g/mol. The molecule has 106 valence electrons. The summed E-state index contributed by atoms with van der Waals surface area (Å²) in [5, 5.41) is 7.32. The van der Waals surface area contributed by atoms with Crippen LogP contribution in [0.2, 0.25) is 0 Å². The van der Waals surface area contributed by atoms with Gasteiger partial charge in [0, 0.05) is 25.6 Å². The third-order valence-electron chi connectivity index (χ3n) is 3.00. The van der Waals surface area contributed by atoms with E-state index < -0.39 is 0 Å². The molecular formula is C14H22BrN3O. The van der Waals surface area contributed by atoms with E-state index in [2.05, 4.69) is 46.8 Å². The number of rotatable bonds is 7. The van der Waals surface area contributed by atoms with Crippen molar-refractivity contribution in [2.75, 3.05) is 13.7 Å². The van der Waals surface area contributed by atoms with Crippen LogP contribution in [0.15, 0.2) is 22.7 Å². The Morgan fingerprint density at radius 1 is 1.47 bits per heavy atom. The lowest BCUT2D eigenvalue weighted by atomic mass is 10.1.